The lowest BCUT2D eigenvalue weighted by atomic mass is 10.1. The van der Waals surface area contributed by atoms with Crippen LogP contribution in [0.4, 0.5) is 4.39 Å². The minimum Gasteiger partial charge on any atom is -0.381 e. The molecular weight excluding hydrogens is 231 g/mol. The summed E-state index contributed by atoms with van der Waals surface area (Å²) in [6.45, 7) is 3.32. The van der Waals surface area contributed by atoms with E-state index in [9.17, 15) is 4.39 Å². The van der Waals surface area contributed by atoms with Crippen molar-refractivity contribution in [3.05, 3.63) is 35.1 Å². The number of benzene rings is 1. The largest absolute Gasteiger partial charge is 0.381 e. The first-order valence-electron chi connectivity index (χ1n) is 6.44. The summed E-state index contributed by atoms with van der Waals surface area (Å²) in [7, 11) is 0. The van der Waals surface area contributed by atoms with E-state index in [1.807, 2.05) is 4.90 Å². The van der Waals surface area contributed by atoms with Crippen LogP contribution >= 0.6 is 0 Å². The quantitative estimate of drug-likeness (QED) is 0.891. The van der Waals surface area contributed by atoms with Crippen LogP contribution in [-0.4, -0.2) is 30.5 Å². The van der Waals surface area contributed by atoms with Crippen LogP contribution in [-0.2, 0) is 11.3 Å². The third-order valence-electron chi connectivity index (χ3n) is 3.84. The number of nitrogens with zero attached hydrogens (tertiary/aromatic N) is 1. The van der Waals surface area contributed by atoms with Gasteiger partial charge in [-0.25, -0.2) is 4.39 Å². The highest BCUT2D eigenvalue weighted by atomic mass is 19.1. The number of ether oxygens (including phenoxy) is 1. The lowest BCUT2D eigenvalue weighted by Gasteiger charge is -2.19. The topological polar surface area (TPSA) is 36.3 Å². The Morgan fingerprint density at radius 1 is 1.44 bits per heavy atom. The summed E-state index contributed by atoms with van der Waals surface area (Å²) in [5.41, 5.74) is 1.81. The maximum Gasteiger partial charge on any atom is 0.128 e. The van der Waals surface area contributed by atoms with E-state index in [-0.39, 0.29) is 5.82 Å². The van der Waals surface area contributed by atoms with Crippen LogP contribution in [0.3, 0.4) is 0 Å². The monoisotopic (exact) mass is 248 g/mol. The zero-order chi connectivity index (χ0) is 12.5. The molecule has 2 aliphatic rings. The third-order valence-corrected chi connectivity index (χ3v) is 3.84. The minimum absolute atomic E-state index is 0.260. The second-order valence-electron chi connectivity index (χ2n) is 5.09. The van der Waals surface area contributed by atoms with Crippen LogP contribution < -0.4 is 0 Å². The molecule has 1 unspecified atom stereocenters. The van der Waals surface area contributed by atoms with Crippen LogP contribution in [0.15, 0.2) is 18.2 Å². The van der Waals surface area contributed by atoms with Gasteiger partial charge in [0.2, 0.25) is 0 Å². The average Bonchev–Trinajstić information content (AvgIpc) is 2.97. The highest BCUT2D eigenvalue weighted by molar-refractivity contribution is 6.00. The van der Waals surface area contributed by atoms with Crippen LogP contribution in [0.1, 0.15) is 24.0 Å². The second kappa shape index (κ2) is 4.69. The first kappa shape index (κ1) is 11.7. The Labute approximate surface area is 106 Å². The van der Waals surface area contributed by atoms with Crippen molar-refractivity contribution in [3.8, 4) is 0 Å². The van der Waals surface area contributed by atoms with Gasteiger partial charge in [0.25, 0.3) is 0 Å². The molecule has 0 radical (unpaired) electrons. The summed E-state index contributed by atoms with van der Waals surface area (Å²) < 4.78 is 18.5. The standard InChI is InChI=1S/C14H17FN2O/c15-12-2-1-11-8-17(14(16)13(11)7-12)5-3-10-4-6-18-9-10/h1-2,7,10,16H,3-6,8-9H2. The number of rotatable bonds is 3. The van der Waals surface area contributed by atoms with Crippen LogP contribution in [0.5, 0.6) is 0 Å². The van der Waals surface area contributed by atoms with Gasteiger partial charge in [-0.05, 0) is 36.5 Å². The van der Waals surface area contributed by atoms with E-state index in [1.54, 1.807) is 6.07 Å². The van der Waals surface area contributed by atoms with E-state index >= 15 is 0 Å². The maximum absolute atomic E-state index is 13.2. The van der Waals surface area contributed by atoms with E-state index in [1.165, 1.54) is 12.1 Å². The summed E-state index contributed by atoms with van der Waals surface area (Å²) in [6.07, 6.45) is 2.18. The average molecular weight is 248 g/mol. The van der Waals surface area contributed by atoms with Crippen LogP contribution in [0.2, 0.25) is 0 Å². The van der Waals surface area contributed by atoms with Crippen LogP contribution in [0.25, 0.3) is 0 Å². The summed E-state index contributed by atoms with van der Waals surface area (Å²) in [5.74, 6) is 0.825. The van der Waals surface area contributed by atoms with Crippen molar-refractivity contribution in [2.24, 2.45) is 5.92 Å². The Kier molecular flexibility index (Phi) is 3.04. The smallest absolute Gasteiger partial charge is 0.128 e. The van der Waals surface area contributed by atoms with E-state index < -0.39 is 0 Å². The van der Waals surface area contributed by atoms with Gasteiger partial charge in [-0.1, -0.05) is 6.07 Å². The molecule has 3 nitrogen and oxygen atoms in total. The summed E-state index contributed by atoms with van der Waals surface area (Å²) >= 11 is 0. The highest BCUT2D eigenvalue weighted by Crippen LogP contribution is 2.25. The predicted octanol–water partition coefficient (Wildman–Crippen LogP) is 2.39. The van der Waals surface area contributed by atoms with Gasteiger partial charge >= 0.3 is 0 Å². The first-order chi connectivity index (χ1) is 8.74. The molecule has 3 rings (SSSR count). The molecule has 18 heavy (non-hydrogen) atoms. The Morgan fingerprint density at radius 2 is 2.33 bits per heavy atom. The predicted molar refractivity (Wildman–Crippen MR) is 67.2 cm³/mol. The molecule has 1 atom stereocenters. The molecule has 2 heterocycles. The Balaban J connectivity index is 1.64. The molecule has 0 spiro atoms. The Morgan fingerprint density at radius 3 is 3.11 bits per heavy atom. The molecule has 1 aromatic rings. The van der Waals surface area contributed by atoms with Gasteiger partial charge in [-0.3, -0.25) is 5.41 Å². The van der Waals surface area contributed by atoms with Crippen molar-refractivity contribution in [2.75, 3.05) is 19.8 Å². The molecule has 0 amide bonds. The molecule has 0 aromatic heterocycles. The number of fused-ring (bicyclic) bond motifs is 1. The summed E-state index contributed by atoms with van der Waals surface area (Å²) in [6, 6.07) is 4.73. The normalized spacial score (nSPS) is 22.6. The van der Waals surface area contributed by atoms with Gasteiger partial charge < -0.3 is 9.64 Å². The van der Waals surface area contributed by atoms with Crippen LogP contribution in [0, 0.1) is 17.1 Å². The zero-order valence-corrected chi connectivity index (χ0v) is 10.3. The molecular formula is C14H17FN2O. The third kappa shape index (κ3) is 2.12. The van der Waals surface area contributed by atoms with Crippen molar-refractivity contribution >= 4 is 5.84 Å². The molecule has 0 bridgehead atoms. The number of nitrogens with one attached hydrogen (secondary N) is 1. The van der Waals surface area contributed by atoms with E-state index in [2.05, 4.69) is 0 Å². The number of hydrogen-bond acceptors (Lipinski definition) is 2. The Hall–Kier alpha value is -1.42. The van der Waals surface area contributed by atoms with Gasteiger partial charge in [-0.15, -0.1) is 0 Å². The lowest BCUT2D eigenvalue weighted by Crippen LogP contribution is -2.26. The molecule has 0 saturated carbocycles. The maximum atomic E-state index is 13.2. The Bertz CT molecular complexity index is 469. The molecule has 1 aromatic carbocycles. The fraction of sp³-hybridized carbons (Fsp3) is 0.500. The fourth-order valence-electron chi connectivity index (χ4n) is 2.70. The van der Waals surface area contributed by atoms with E-state index in [4.69, 9.17) is 10.1 Å². The molecule has 1 N–H and O–H groups in total. The summed E-state index contributed by atoms with van der Waals surface area (Å²) in [4.78, 5) is 2.03. The van der Waals surface area contributed by atoms with Gasteiger partial charge in [0.05, 0.1) is 0 Å². The van der Waals surface area contributed by atoms with Gasteiger partial charge in [0, 0.05) is 31.9 Å². The molecule has 2 aliphatic heterocycles. The fourth-order valence-corrected chi connectivity index (χ4v) is 2.70. The lowest BCUT2D eigenvalue weighted by molar-refractivity contribution is 0.182. The van der Waals surface area contributed by atoms with Crippen molar-refractivity contribution in [1.29, 1.82) is 5.41 Å². The second-order valence-corrected chi connectivity index (χ2v) is 5.09. The van der Waals surface area contributed by atoms with Crippen molar-refractivity contribution in [3.63, 3.8) is 0 Å². The number of amidine groups is 1. The van der Waals surface area contributed by atoms with Gasteiger partial charge in [0.1, 0.15) is 11.7 Å². The van der Waals surface area contributed by atoms with Crippen molar-refractivity contribution < 1.29 is 9.13 Å². The number of halogens is 1. The van der Waals surface area contributed by atoms with Gasteiger partial charge in [0.15, 0.2) is 0 Å². The molecule has 1 saturated heterocycles. The van der Waals surface area contributed by atoms with Gasteiger partial charge in [-0.2, -0.15) is 0 Å². The minimum atomic E-state index is -0.260. The van der Waals surface area contributed by atoms with Crippen molar-refractivity contribution in [2.45, 2.75) is 19.4 Å². The zero-order valence-electron chi connectivity index (χ0n) is 10.3. The van der Waals surface area contributed by atoms with Crippen molar-refractivity contribution in [1.82, 2.24) is 4.90 Å². The molecule has 96 valence electrons. The molecule has 4 heteroatoms. The molecule has 1 fully saturated rings. The highest BCUT2D eigenvalue weighted by Gasteiger charge is 2.25. The summed E-state index contributed by atoms with van der Waals surface area (Å²) in [5, 5.41) is 8.09. The SMILES string of the molecule is N=C1c2cc(F)ccc2CN1CCC1CCOC1. The van der Waals surface area contributed by atoms with E-state index in [0.29, 0.717) is 11.8 Å². The number of hydrogen-bond donors (Lipinski definition) is 1. The first-order valence-corrected chi connectivity index (χ1v) is 6.44. The molecule has 0 aliphatic carbocycles. The van der Waals surface area contributed by atoms with E-state index in [0.717, 1.165) is 50.3 Å².